The molecule has 0 atom stereocenters. The Morgan fingerprint density at radius 2 is 2.05 bits per heavy atom. The fourth-order valence-corrected chi connectivity index (χ4v) is 3.23. The van der Waals surface area contributed by atoms with Gasteiger partial charge in [-0.2, -0.15) is 13.9 Å². The van der Waals surface area contributed by atoms with Gasteiger partial charge in [0.25, 0.3) is 5.76 Å². The first-order valence-corrected chi connectivity index (χ1v) is 8.44. The first-order valence-electron chi connectivity index (χ1n) is 7.39. The standard InChI is InChI=1S/C15H19F2N3OS/c16-15(17)22-11-14-3-2-13(21-14)10-19-8-4-12(5-9-19)20-7-1-6-18-20/h1-3,6-7,12,15H,4-5,8-11H2. The zero-order valence-corrected chi connectivity index (χ0v) is 13.0. The number of nitrogens with zero attached hydrogens (tertiary/aromatic N) is 3. The lowest BCUT2D eigenvalue weighted by molar-refractivity contribution is 0.162. The molecule has 1 fully saturated rings. The molecule has 1 aliphatic rings. The van der Waals surface area contributed by atoms with Gasteiger partial charge in [-0.3, -0.25) is 9.58 Å². The normalized spacial score (nSPS) is 17.4. The number of hydrogen-bond donors (Lipinski definition) is 0. The average Bonchev–Trinajstić information content (AvgIpc) is 3.17. The molecular weight excluding hydrogens is 308 g/mol. The Hall–Kier alpha value is -1.34. The van der Waals surface area contributed by atoms with Crippen molar-refractivity contribution in [1.29, 1.82) is 0 Å². The van der Waals surface area contributed by atoms with Crippen molar-refractivity contribution >= 4 is 11.8 Å². The van der Waals surface area contributed by atoms with Crippen LogP contribution in [0.4, 0.5) is 8.78 Å². The van der Waals surface area contributed by atoms with Gasteiger partial charge in [0.05, 0.1) is 18.3 Å². The number of hydrogen-bond acceptors (Lipinski definition) is 4. The second-order valence-electron chi connectivity index (χ2n) is 5.43. The summed E-state index contributed by atoms with van der Waals surface area (Å²) in [6, 6.07) is 6.11. The number of halogens is 2. The molecule has 0 unspecified atom stereocenters. The van der Waals surface area contributed by atoms with Crippen molar-refractivity contribution in [2.45, 2.75) is 36.9 Å². The molecule has 0 radical (unpaired) electrons. The van der Waals surface area contributed by atoms with E-state index in [-0.39, 0.29) is 5.75 Å². The Morgan fingerprint density at radius 3 is 2.73 bits per heavy atom. The summed E-state index contributed by atoms with van der Waals surface area (Å²) in [6.45, 7) is 2.73. The van der Waals surface area contributed by atoms with E-state index in [0.717, 1.165) is 38.2 Å². The maximum Gasteiger partial charge on any atom is 0.284 e. The van der Waals surface area contributed by atoms with Gasteiger partial charge in [-0.25, -0.2) is 0 Å². The van der Waals surface area contributed by atoms with Gasteiger partial charge in [0.2, 0.25) is 0 Å². The molecule has 0 saturated carbocycles. The fraction of sp³-hybridized carbons (Fsp3) is 0.533. The van der Waals surface area contributed by atoms with Crippen LogP contribution in [-0.4, -0.2) is 33.5 Å². The third-order valence-corrected chi connectivity index (χ3v) is 4.61. The topological polar surface area (TPSA) is 34.2 Å². The molecule has 0 N–H and O–H groups in total. The van der Waals surface area contributed by atoms with E-state index in [9.17, 15) is 8.78 Å². The van der Waals surface area contributed by atoms with E-state index >= 15 is 0 Å². The smallest absolute Gasteiger partial charge is 0.284 e. The van der Waals surface area contributed by atoms with Gasteiger partial charge < -0.3 is 4.42 Å². The van der Waals surface area contributed by atoms with Crippen molar-refractivity contribution in [3.63, 3.8) is 0 Å². The molecule has 3 heterocycles. The van der Waals surface area contributed by atoms with Gasteiger partial charge in [0.15, 0.2) is 0 Å². The Bertz CT molecular complexity index is 565. The summed E-state index contributed by atoms with van der Waals surface area (Å²) in [5.74, 6) is -0.664. The van der Waals surface area contributed by atoms with Crippen LogP contribution in [-0.2, 0) is 12.3 Å². The highest BCUT2D eigenvalue weighted by molar-refractivity contribution is 7.98. The second kappa shape index (κ2) is 7.28. The van der Waals surface area contributed by atoms with Crippen LogP contribution in [0.2, 0.25) is 0 Å². The molecule has 22 heavy (non-hydrogen) atoms. The summed E-state index contributed by atoms with van der Waals surface area (Å²) in [6.07, 6.45) is 5.96. The Labute approximate surface area is 132 Å². The predicted molar refractivity (Wildman–Crippen MR) is 81.8 cm³/mol. The summed E-state index contributed by atoms with van der Waals surface area (Å²) in [5, 5.41) is 4.30. The first-order chi connectivity index (χ1) is 10.7. The quantitative estimate of drug-likeness (QED) is 0.809. The molecule has 0 bridgehead atoms. The minimum Gasteiger partial charge on any atom is -0.464 e. The summed E-state index contributed by atoms with van der Waals surface area (Å²) < 4.78 is 32.0. The minimum absolute atomic E-state index is 0.221. The van der Waals surface area contributed by atoms with Crippen molar-refractivity contribution in [3.05, 3.63) is 42.1 Å². The Balaban J connectivity index is 1.46. The number of likely N-dealkylation sites (tertiary alicyclic amines) is 1. The average molecular weight is 327 g/mol. The van der Waals surface area contributed by atoms with Gasteiger partial charge in [-0.1, -0.05) is 11.8 Å². The van der Waals surface area contributed by atoms with E-state index in [2.05, 4.69) is 10.00 Å². The van der Waals surface area contributed by atoms with Crippen LogP contribution in [0.5, 0.6) is 0 Å². The molecule has 0 spiro atoms. The highest BCUT2D eigenvalue weighted by atomic mass is 32.2. The third kappa shape index (κ3) is 4.10. The summed E-state index contributed by atoms with van der Waals surface area (Å²) >= 11 is 0.592. The molecule has 1 aliphatic heterocycles. The number of alkyl halides is 2. The maximum absolute atomic E-state index is 12.2. The van der Waals surface area contributed by atoms with E-state index in [1.165, 1.54) is 0 Å². The van der Waals surface area contributed by atoms with Crippen LogP contribution in [0.1, 0.15) is 30.4 Å². The Kier molecular flexibility index (Phi) is 5.15. The molecule has 2 aromatic heterocycles. The van der Waals surface area contributed by atoms with Gasteiger partial charge in [-0.05, 0) is 31.0 Å². The second-order valence-corrected chi connectivity index (χ2v) is 6.41. The highest BCUT2D eigenvalue weighted by Gasteiger charge is 2.21. The van der Waals surface area contributed by atoms with Crippen LogP contribution >= 0.6 is 11.8 Å². The molecule has 7 heteroatoms. The van der Waals surface area contributed by atoms with Gasteiger partial charge in [0.1, 0.15) is 11.5 Å². The van der Waals surface area contributed by atoms with Crippen molar-refractivity contribution in [1.82, 2.24) is 14.7 Å². The monoisotopic (exact) mass is 327 g/mol. The van der Waals surface area contributed by atoms with E-state index in [1.807, 2.05) is 29.2 Å². The van der Waals surface area contributed by atoms with Crippen molar-refractivity contribution in [3.8, 4) is 0 Å². The first kappa shape index (κ1) is 15.6. The zero-order chi connectivity index (χ0) is 15.4. The van der Waals surface area contributed by atoms with Crippen LogP contribution in [0.3, 0.4) is 0 Å². The van der Waals surface area contributed by atoms with Crippen molar-refractivity contribution in [2.75, 3.05) is 13.1 Å². The minimum atomic E-state index is -2.35. The highest BCUT2D eigenvalue weighted by Crippen LogP contribution is 2.25. The summed E-state index contributed by atoms with van der Waals surface area (Å²) in [4.78, 5) is 2.34. The van der Waals surface area contributed by atoms with Crippen molar-refractivity contribution < 1.29 is 13.2 Å². The predicted octanol–water partition coefficient (Wildman–Crippen LogP) is 3.77. The number of piperidine rings is 1. The molecule has 0 aliphatic carbocycles. The van der Waals surface area contributed by atoms with E-state index in [1.54, 1.807) is 6.07 Å². The molecule has 120 valence electrons. The SMILES string of the molecule is FC(F)SCc1ccc(CN2CCC(n3cccn3)CC2)o1. The molecule has 0 aromatic carbocycles. The Morgan fingerprint density at radius 1 is 1.27 bits per heavy atom. The summed E-state index contributed by atoms with van der Waals surface area (Å²) in [5.41, 5.74) is 0. The van der Waals surface area contributed by atoms with Crippen LogP contribution in [0.15, 0.2) is 35.0 Å². The molecule has 0 amide bonds. The maximum atomic E-state index is 12.2. The third-order valence-electron chi connectivity index (χ3n) is 3.90. The lowest BCUT2D eigenvalue weighted by Crippen LogP contribution is -2.34. The molecule has 2 aromatic rings. The molecule has 4 nitrogen and oxygen atoms in total. The molecular formula is C15H19F2N3OS. The van der Waals surface area contributed by atoms with E-state index < -0.39 is 5.76 Å². The number of aromatic nitrogens is 2. The van der Waals surface area contributed by atoms with Gasteiger partial charge >= 0.3 is 0 Å². The number of furan rings is 1. The molecule has 1 saturated heterocycles. The van der Waals surface area contributed by atoms with E-state index in [0.29, 0.717) is 23.6 Å². The number of thioether (sulfide) groups is 1. The molecule has 3 rings (SSSR count). The zero-order valence-electron chi connectivity index (χ0n) is 12.2. The fourth-order valence-electron chi connectivity index (χ4n) is 2.79. The van der Waals surface area contributed by atoms with Crippen molar-refractivity contribution in [2.24, 2.45) is 0 Å². The van der Waals surface area contributed by atoms with Gasteiger partial charge in [-0.15, -0.1) is 0 Å². The largest absolute Gasteiger partial charge is 0.464 e. The lowest BCUT2D eigenvalue weighted by Gasteiger charge is -2.31. The number of rotatable bonds is 6. The van der Waals surface area contributed by atoms with Crippen LogP contribution in [0, 0.1) is 0 Å². The van der Waals surface area contributed by atoms with Crippen LogP contribution < -0.4 is 0 Å². The van der Waals surface area contributed by atoms with Gasteiger partial charge in [0, 0.05) is 25.5 Å². The van der Waals surface area contributed by atoms with E-state index in [4.69, 9.17) is 4.42 Å². The summed E-state index contributed by atoms with van der Waals surface area (Å²) in [7, 11) is 0. The van der Waals surface area contributed by atoms with Crippen LogP contribution in [0.25, 0.3) is 0 Å². The lowest BCUT2D eigenvalue weighted by atomic mass is 10.1.